The fourth-order valence-electron chi connectivity index (χ4n) is 4.58. The zero-order valence-electron chi connectivity index (χ0n) is 16.9. The number of hydrogen-bond acceptors (Lipinski definition) is 5. The van der Waals surface area contributed by atoms with Gasteiger partial charge in [0.15, 0.2) is 11.4 Å². The number of hydrazone groups is 1. The van der Waals surface area contributed by atoms with Crippen LogP contribution in [0.2, 0.25) is 0 Å². The number of nitrogens with zero attached hydrogens (tertiary/aromatic N) is 3. The summed E-state index contributed by atoms with van der Waals surface area (Å²) in [7, 11) is 0. The number of carboxylic acids is 2. The van der Waals surface area contributed by atoms with Crippen molar-refractivity contribution in [1.29, 1.82) is 0 Å². The van der Waals surface area contributed by atoms with Crippen molar-refractivity contribution in [2.45, 2.75) is 63.5 Å². The number of allylic oxidation sites excluding steroid dienone is 2. The Bertz CT molecular complexity index is 1060. The minimum absolute atomic E-state index is 0.0387. The Morgan fingerprint density at radius 3 is 2.16 bits per heavy atom. The first kappa shape index (κ1) is 20.8. The highest BCUT2D eigenvalue weighted by Gasteiger charge is 2.38. The maximum Gasteiger partial charge on any atom is 0.357 e. The molecule has 2 fully saturated rings. The second-order valence-electron chi connectivity index (χ2n) is 8.10. The van der Waals surface area contributed by atoms with Crippen molar-refractivity contribution in [2.75, 3.05) is 0 Å². The van der Waals surface area contributed by atoms with Crippen molar-refractivity contribution in [1.82, 2.24) is 14.8 Å². The van der Waals surface area contributed by atoms with Gasteiger partial charge in [0.2, 0.25) is 0 Å². The number of H-pyrrole nitrogens is 1. The molecule has 0 unspecified atom stereocenters. The van der Waals surface area contributed by atoms with E-state index in [4.69, 9.17) is 0 Å². The molecule has 10 heteroatoms. The van der Waals surface area contributed by atoms with Crippen LogP contribution in [0.3, 0.4) is 0 Å². The van der Waals surface area contributed by atoms with E-state index < -0.39 is 23.4 Å². The molecule has 4 rings (SSSR count). The quantitative estimate of drug-likeness (QED) is 0.592. The average Bonchev–Trinajstić information content (AvgIpc) is 3.50. The van der Waals surface area contributed by atoms with Gasteiger partial charge >= 0.3 is 11.9 Å². The van der Waals surface area contributed by atoms with Gasteiger partial charge in [-0.1, -0.05) is 31.8 Å². The molecule has 2 heterocycles. The molecule has 2 aliphatic carbocycles. The van der Waals surface area contributed by atoms with Crippen molar-refractivity contribution in [3.63, 3.8) is 0 Å². The van der Waals surface area contributed by atoms with E-state index in [-0.39, 0.29) is 34.6 Å². The molecule has 1 aromatic heterocycles. The number of aromatic amines is 1. The third kappa shape index (κ3) is 3.85. The monoisotopic (exact) mass is 428 g/mol. The third-order valence-electron chi connectivity index (χ3n) is 6.15. The minimum Gasteiger partial charge on any atom is -0.477 e. The summed E-state index contributed by atoms with van der Waals surface area (Å²) in [6.07, 6.45) is 10.9. The zero-order chi connectivity index (χ0) is 22.1. The molecular formula is C21H24N4O6. The van der Waals surface area contributed by atoms with Gasteiger partial charge in [-0.05, 0) is 37.8 Å². The number of amides is 1. The number of aromatic nitrogens is 2. The van der Waals surface area contributed by atoms with Crippen LogP contribution in [0.15, 0.2) is 27.6 Å². The smallest absolute Gasteiger partial charge is 0.357 e. The lowest BCUT2D eigenvalue weighted by Crippen LogP contribution is -2.31. The first-order valence-electron chi connectivity index (χ1n) is 10.5. The molecule has 2 saturated carbocycles. The number of carbonyl (C=O) groups excluding carboxylic acids is 1. The predicted octanol–water partition coefficient (Wildman–Crippen LogP) is 2.15. The number of nitrogens with one attached hydrogen (secondary N) is 1. The lowest BCUT2D eigenvalue weighted by atomic mass is 10.1. The summed E-state index contributed by atoms with van der Waals surface area (Å²) in [5.74, 6) is -3.08. The Morgan fingerprint density at radius 1 is 0.968 bits per heavy atom. The molecule has 10 nitrogen and oxygen atoms in total. The van der Waals surface area contributed by atoms with Gasteiger partial charge in [0.1, 0.15) is 0 Å². The Labute approximate surface area is 177 Å². The lowest BCUT2D eigenvalue weighted by molar-refractivity contribution is -0.129. The largest absolute Gasteiger partial charge is 0.477 e. The lowest BCUT2D eigenvalue weighted by Gasteiger charge is -2.18. The Morgan fingerprint density at radius 2 is 1.58 bits per heavy atom. The molecule has 1 aromatic rings. The minimum atomic E-state index is -1.31. The molecule has 0 atom stereocenters. The molecule has 3 N–H and O–H groups in total. The van der Waals surface area contributed by atoms with Crippen LogP contribution in [-0.4, -0.2) is 54.6 Å². The topological polar surface area (TPSA) is 145 Å². The Kier molecular flexibility index (Phi) is 5.62. The maximum atomic E-state index is 12.8. The van der Waals surface area contributed by atoms with Crippen LogP contribution in [0.4, 0.5) is 0 Å². The average molecular weight is 428 g/mol. The fraction of sp³-hybridized carbons (Fsp3) is 0.476. The highest BCUT2D eigenvalue weighted by molar-refractivity contribution is 6.50. The summed E-state index contributed by atoms with van der Waals surface area (Å²) in [5.41, 5.74) is -1.15. The molecule has 0 saturated heterocycles. The van der Waals surface area contributed by atoms with Crippen LogP contribution in [0.1, 0.15) is 73.5 Å². The molecular weight excluding hydrogens is 404 g/mol. The van der Waals surface area contributed by atoms with Crippen LogP contribution in [0.5, 0.6) is 0 Å². The molecule has 0 bridgehead atoms. The third-order valence-corrected chi connectivity index (χ3v) is 6.15. The van der Waals surface area contributed by atoms with Crippen LogP contribution in [-0.2, 0) is 9.59 Å². The van der Waals surface area contributed by atoms with Crippen molar-refractivity contribution >= 4 is 29.6 Å². The standard InChI is InChI=1S/C21H24N4O6/c26-18-14(16(20(28)29)22-24(18)12-6-1-2-7-12)10-5-11-15-17(21(30)31)23-25(19(15)27)13-8-3-4-9-13/h5,10-13,22H,1-4,6-9H2,(H,28,29)(H,30,31)/b10-5+,15-11-. The summed E-state index contributed by atoms with van der Waals surface area (Å²) in [5, 5.41) is 26.9. The number of aliphatic carboxylic acids is 1. The second-order valence-corrected chi connectivity index (χ2v) is 8.10. The molecule has 31 heavy (non-hydrogen) atoms. The van der Waals surface area contributed by atoms with Gasteiger partial charge in [0, 0.05) is 0 Å². The summed E-state index contributed by atoms with van der Waals surface area (Å²) in [6, 6.07) is -0.174. The van der Waals surface area contributed by atoms with E-state index in [0.29, 0.717) is 0 Å². The van der Waals surface area contributed by atoms with Crippen LogP contribution in [0.25, 0.3) is 6.08 Å². The molecule has 0 radical (unpaired) electrons. The normalized spacial score (nSPS) is 21.7. The number of hydrogen-bond donors (Lipinski definition) is 3. The van der Waals surface area contributed by atoms with Crippen LogP contribution >= 0.6 is 0 Å². The zero-order valence-corrected chi connectivity index (χ0v) is 16.9. The molecule has 1 aliphatic heterocycles. The predicted molar refractivity (Wildman–Crippen MR) is 111 cm³/mol. The van der Waals surface area contributed by atoms with Crippen molar-refractivity contribution in [3.05, 3.63) is 39.3 Å². The van der Waals surface area contributed by atoms with E-state index in [0.717, 1.165) is 51.4 Å². The van der Waals surface area contributed by atoms with E-state index in [2.05, 4.69) is 10.2 Å². The first-order valence-corrected chi connectivity index (χ1v) is 10.5. The van der Waals surface area contributed by atoms with Crippen molar-refractivity contribution < 1.29 is 24.6 Å². The van der Waals surface area contributed by atoms with E-state index in [1.807, 2.05) is 0 Å². The highest BCUT2D eigenvalue weighted by atomic mass is 16.4. The molecule has 0 spiro atoms. The summed E-state index contributed by atoms with van der Waals surface area (Å²) in [4.78, 5) is 48.7. The SMILES string of the molecule is O=C(O)C1=NN(C2CCCC2)C(=O)/C1=C\C=C\c1c(C(=O)O)[nH]n(C2CCCC2)c1=O. The Balaban J connectivity index is 1.64. The van der Waals surface area contributed by atoms with E-state index in [1.165, 1.54) is 27.9 Å². The summed E-state index contributed by atoms with van der Waals surface area (Å²) in [6.45, 7) is 0. The number of carbonyl (C=O) groups is 3. The summed E-state index contributed by atoms with van der Waals surface area (Å²) < 4.78 is 1.36. The summed E-state index contributed by atoms with van der Waals surface area (Å²) >= 11 is 0. The second kappa shape index (κ2) is 8.37. The van der Waals surface area contributed by atoms with Gasteiger partial charge in [-0.25, -0.2) is 19.3 Å². The molecule has 0 aromatic carbocycles. The molecule has 3 aliphatic rings. The van der Waals surface area contributed by atoms with Crippen LogP contribution < -0.4 is 5.56 Å². The van der Waals surface area contributed by atoms with Gasteiger partial charge in [0.05, 0.1) is 23.2 Å². The maximum absolute atomic E-state index is 12.8. The van der Waals surface area contributed by atoms with Gasteiger partial charge in [-0.2, -0.15) is 5.10 Å². The van der Waals surface area contributed by atoms with Crippen LogP contribution in [0, 0.1) is 0 Å². The number of carboxylic acid groups (broad SMARTS) is 2. The fourth-order valence-corrected chi connectivity index (χ4v) is 4.58. The van der Waals surface area contributed by atoms with E-state index in [1.54, 1.807) is 0 Å². The van der Waals surface area contributed by atoms with Gasteiger partial charge in [-0.15, -0.1) is 0 Å². The van der Waals surface area contributed by atoms with Crippen molar-refractivity contribution in [2.24, 2.45) is 5.10 Å². The van der Waals surface area contributed by atoms with Gasteiger partial charge in [0.25, 0.3) is 11.5 Å². The molecule has 1 amide bonds. The Hall–Kier alpha value is -3.43. The molecule has 164 valence electrons. The number of aromatic carboxylic acids is 1. The van der Waals surface area contributed by atoms with E-state index in [9.17, 15) is 29.4 Å². The first-order chi connectivity index (χ1) is 14.9. The highest BCUT2D eigenvalue weighted by Crippen LogP contribution is 2.29. The number of rotatable bonds is 6. The van der Waals surface area contributed by atoms with E-state index >= 15 is 0 Å². The van der Waals surface area contributed by atoms with Crippen molar-refractivity contribution in [3.8, 4) is 0 Å². The van der Waals surface area contributed by atoms with Gasteiger partial charge in [-0.3, -0.25) is 14.7 Å². The van der Waals surface area contributed by atoms with Gasteiger partial charge < -0.3 is 10.2 Å².